The van der Waals surface area contributed by atoms with E-state index in [4.69, 9.17) is 0 Å². The molecule has 0 spiro atoms. The second kappa shape index (κ2) is 7.06. The number of fused-ring (bicyclic) bond motifs is 1. The quantitative estimate of drug-likeness (QED) is 0.708. The summed E-state index contributed by atoms with van der Waals surface area (Å²) in [6.45, 7) is 2.13. The van der Waals surface area contributed by atoms with Gasteiger partial charge < -0.3 is 10.3 Å². The molecule has 0 fully saturated rings. The average Bonchev–Trinajstić information content (AvgIpc) is 3.01. The molecule has 2 N–H and O–H groups in total. The maximum absolute atomic E-state index is 12.2. The van der Waals surface area contributed by atoms with Gasteiger partial charge in [-0.2, -0.15) is 0 Å². The van der Waals surface area contributed by atoms with Gasteiger partial charge in [0.1, 0.15) is 5.82 Å². The SMILES string of the molecule is Cc1ccc(S(=O)(=O)CCC(=O)NCc2nc3ccccc3[nH]2)cc1. The zero-order valence-electron chi connectivity index (χ0n) is 13.8. The molecule has 1 amide bonds. The molecule has 6 nitrogen and oxygen atoms in total. The molecule has 0 saturated heterocycles. The first kappa shape index (κ1) is 17.2. The number of rotatable bonds is 6. The molecule has 0 unspecified atom stereocenters. The van der Waals surface area contributed by atoms with E-state index in [0.717, 1.165) is 16.6 Å². The molecule has 0 saturated carbocycles. The summed E-state index contributed by atoms with van der Waals surface area (Å²) >= 11 is 0. The Kier molecular flexibility index (Phi) is 4.85. The van der Waals surface area contributed by atoms with E-state index in [1.807, 2.05) is 31.2 Å². The molecule has 3 aromatic rings. The van der Waals surface area contributed by atoms with Gasteiger partial charge in [-0.3, -0.25) is 4.79 Å². The van der Waals surface area contributed by atoms with Crippen molar-refractivity contribution in [3.8, 4) is 0 Å². The fraction of sp³-hybridized carbons (Fsp3) is 0.222. The molecular weight excluding hydrogens is 338 g/mol. The summed E-state index contributed by atoms with van der Waals surface area (Å²) in [5, 5.41) is 2.70. The van der Waals surface area contributed by atoms with Gasteiger partial charge in [0.05, 0.1) is 28.2 Å². The number of carbonyl (C=O) groups excluding carboxylic acids is 1. The van der Waals surface area contributed by atoms with Gasteiger partial charge in [0.15, 0.2) is 9.84 Å². The minimum absolute atomic E-state index is 0.0869. The number of para-hydroxylation sites is 2. The van der Waals surface area contributed by atoms with Gasteiger partial charge in [-0.05, 0) is 31.2 Å². The van der Waals surface area contributed by atoms with Crippen molar-refractivity contribution in [1.82, 2.24) is 15.3 Å². The highest BCUT2D eigenvalue weighted by Crippen LogP contribution is 2.13. The average molecular weight is 357 g/mol. The first-order chi connectivity index (χ1) is 11.9. The van der Waals surface area contributed by atoms with E-state index in [0.29, 0.717) is 5.82 Å². The van der Waals surface area contributed by atoms with Crippen molar-refractivity contribution in [2.75, 3.05) is 5.75 Å². The van der Waals surface area contributed by atoms with Crippen LogP contribution in [-0.4, -0.2) is 30.0 Å². The van der Waals surface area contributed by atoms with Gasteiger partial charge in [-0.1, -0.05) is 29.8 Å². The molecule has 0 atom stereocenters. The molecule has 25 heavy (non-hydrogen) atoms. The molecule has 3 rings (SSSR count). The van der Waals surface area contributed by atoms with Gasteiger partial charge in [0.25, 0.3) is 0 Å². The number of aromatic amines is 1. The first-order valence-corrected chi connectivity index (χ1v) is 9.59. The number of nitrogens with one attached hydrogen (secondary N) is 2. The molecule has 0 aliphatic rings. The Balaban J connectivity index is 1.54. The van der Waals surface area contributed by atoms with Crippen molar-refractivity contribution in [1.29, 1.82) is 0 Å². The third kappa shape index (κ3) is 4.24. The topological polar surface area (TPSA) is 91.9 Å². The number of hydrogen-bond acceptors (Lipinski definition) is 4. The van der Waals surface area contributed by atoms with Crippen LogP contribution in [0.3, 0.4) is 0 Å². The van der Waals surface area contributed by atoms with Crippen LogP contribution in [-0.2, 0) is 21.2 Å². The first-order valence-electron chi connectivity index (χ1n) is 7.94. The van der Waals surface area contributed by atoms with Gasteiger partial charge in [-0.15, -0.1) is 0 Å². The molecule has 2 aromatic carbocycles. The number of aromatic nitrogens is 2. The summed E-state index contributed by atoms with van der Waals surface area (Å²) < 4.78 is 24.5. The van der Waals surface area contributed by atoms with E-state index >= 15 is 0 Å². The molecule has 130 valence electrons. The van der Waals surface area contributed by atoms with E-state index in [9.17, 15) is 13.2 Å². The lowest BCUT2D eigenvalue weighted by molar-refractivity contribution is -0.120. The molecule has 0 radical (unpaired) electrons. The van der Waals surface area contributed by atoms with Crippen LogP contribution >= 0.6 is 0 Å². The molecule has 1 aromatic heterocycles. The predicted octanol–water partition coefficient (Wildman–Crippen LogP) is 2.35. The highest BCUT2D eigenvalue weighted by atomic mass is 32.2. The zero-order chi connectivity index (χ0) is 17.9. The smallest absolute Gasteiger partial charge is 0.221 e. The van der Waals surface area contributed by atoms with Gasteiger partial charge in [-0.25, -0.2) is 13.4 Å². The zero-order valence-corrected chi connectivity index (χ0v) is 14.6. The molecular formula is C18H19N3O3S. The standard InChI is InChI=1S/C18H19N3O3S/c1-13-6-8-14(9-7-13)25(23,24)11-10-18(22)19-12-17-20-15-4-2-3-5-16(15)21-17/h2-9H,10-12H2,1H3,(H,19,22)(H,20,21). The second-order valence-corrected chi connectivity index (χ2v) is 7.97. The number of nitrogens with zero attached hydrogens (tertiary/aromatic N) is 1. The van der Waals surface area contributed by atoms with E-state index in [-0.39, 0.29) is 29.5 Å². The lowest BCUT2D eigenvalue weighted by Gasteiger charge is -2.06. The van der Waals surface area contributed by atoms with Gasteiger partial charge in [0.2, 0.25) is 5.91 Å². The number of hydrogen-bond donors (Lipinski definition) is 2. The number of carbonyl (C=O) groups is 1. The van der Waals surface area contributed by atoms with Crippen LogP contribution in [0, 0.1) is 6.92 Å². The molecule has 7 heteroatoms. The summed E-state index contributed by atoms with van der Waals surface area (Å²) in [5.41, 5.74) is 2.71. The third-order valence-corrected chi connectivity index (χ3v) is 5.60. The van der Waals surface area contributed by atoms with E-state index in [2.05, 4.69) is 15.3 Å². The van der Waals surface area contributed by atoms with Crippen LogP contribution in [0.15, 0.2) is 53.4 Å². The Morgan fingerprint density at radius 2 is 1.84 bits per heavy atom. The van der Waals surface area contributed by atoms with Crippen molar-refractivity contribution >= 4 is 26.8 Å². The minimum Gasteiger partial charge on any atom is -0.349 e. The number of aryl methyl sites for hydroxylation is 1. The van der Waals surface area contributed by atoms with Gasteiger partial charge >= 0.3 is 0 Å². The highest BCUT2D eigenvalue weighted by molar-refractivity contribution is 7.91. The Hall–Kier alpha value is -2.67. The summed E-state index contributed by atoms with van der Waals surface area (Å²) in [4.78, 5) is 19.7. The van der Waals surface area contributed by atoms with Crippen LogP contribution in [0.2, 0.25) is 0 Å². The van der Waals surface area contributed by atoms with Crippen molar-refractivity contribution in [3.05, 3.63) is 59.9 Å². The Bertz CT molecular complexity index is 959. The minimum atomic E-state index is -3.46. The number of H-pyrrole nitrogens is 1. The highest BCUT2D eigenvalue weighted by Gasteiger charge is 2.16. The summed E-state index contributed by atoms with van der Waals surface area (Å²) in [5.74, 6) is 0.0919. The van der Waals surface area contributed by atoms with Crippen LogP contribution in [0.1, 0.15) is 17.8 Å². The predicted molar refractivity (Wildman–Crippen MR) is 95.8 cm³/mol. The lowest BCUT2D eigenvalue weighted by Crippen LogP contribution is -2.25. The number of benzene rings is 2. The summed E-state index contributed by atoms with van der Waals surface area (Å²) in [7, 11) is -3.46. The van der Waals surface area contributed by atoms with E-state index < -0.39 is 9.84 Å². The number of imidazole rings is 1. The molecule has 1 heterocycles. The van der Waals surface area contributed by atoms with Crippen molar-refractivity contribution in [3.63, 3.8) is 0 Å². The fourth-order valence-corrected chi connectivity index (χ4v) is 3.69. The van der Waals surface area contributed by atoms with Crippen LogP contribution in [0.4, 0.5) is 0 Å². The molecule has 0 bridgehead atoms. The van der Waals surface area contributed by atoms with Gasteiger partial charge in [0, 0.05) is 6.42 Å². The number of amides is 1. The summed E-state index contributed by atoms with van der Waals surface area (Å²) in [6, 6.07) is 14.2. The Labute approximate surface area is 146 Å². The monoisotopic (exact) mass is 357 g/mol. The van der Waals surface area contributed by atoms with E-state index in [1.165, 1.54) is 0 Å². The van der Waals surface area contributed by atoms with Crippen molar-refractivity contribution in [2.24, 2.45) is 0 Å². The van der Waals surface area contributed by atoms with E-state index in [1.54, 1.807) is 24.3 Å². The van der Waals surface area contributed by atoms with Crippen LogP contribution in [0.25, 0.3) is 11.0 Å². The van der Waals surface area contributed by atoms with Crippen molar-refractivity contribution in [2.45, 2.75) is 24.8 Å². The van der Waals surface area contributed by atoms with Crippen molar-refractivity contribution < 1.29 is 13.2 Å². The molecule has 0 aliphatic heterocycles. The van der Waals surface area contributed by atoms with Crippen LogP contribution in [0.5, 0.6) is 0 Å². The second-order valence-electron chi connectivity index (χ2n) is 5.86. The summed E-state index contributed by atoms with van der Waals surface area (Å²) in [6.07, 6.45) is -0.0869. The molecule has 0 aliphatic carbocycles. The maximum Gasteiger partial charge on any atom is 0.221 e. The third-order valence-electron chi connectivity index (χ3n) is 3.87. The largest absolute Gasteiger partial charge is 0.349 e. The Morgan fingerprint density at radius 1 is 1.12 bits per heavy atom. The number of sulfone groups is 1. The van der Waals surface area contributed by atoms with Crippen LogP contribution < -0.4 is 5.32 Å². The Morgan fingerprint density at radius 3 is 2.56 bits per heavy atom. The lowest BCUT2D eigenvalue weighted by atomic mass is 10.2. The normalized spacial score (nSPS) is 11.6. The maximum atomic E-state index is 12.2. The fourth-order valence-electron chi connectivity index (χ4n) is 2.45.